The summed E-state index contributed by atoms with van der Waals surface area (Å²) < 4.78 is 19.2. The molecule has 0 unspecified atom stereocenters. The lowest BCUT2D eigenvalue weighted by atomic mass is 10.1. The highest BCUT2D eigenvalue weighted by molar-refractivity contribution is 6.35. The Morgan fingerprint density at radius 3 is 2.58 bits per heavy atom. The number of halogens is 3. The third kappa shape index (κ3) is 6.34. The van der Waals surface area contributed by atoms with Gasteiger partial charge in [-0.3, -0.25) is 9.59 Å². The van der Waals surface area contributed by atoms with Crippen LogP contribution in [0.3, 0.4) is 0 Å². The standard InChI is InChI=1S/C23H25Cl2FN2O3/c1-15(23(30)27-18-6-2-3-7-18)28(13-16-10-11-17(24)12-19(16)25)22(29)14-31-21-9-5-4-8-20(21)26/h4-5,8-12,15,18H,2-3,6-7,13-14H2,1H3,(H,27,30)/t15-/m1/s1. The molecule has 3 rings (SSSR count). The number of carbonyl (C=O) groups excluding carboxylic acids is 2. The Morgan fingerprint density at radius 2 is 1.90 bits per heavy atom. The first-order valence-corrected chi connectivity index (χ1v) is 11.0. The van der Waals surface area contributed by atoms with Gasteiger partial charge in [-0.1, -0.05) is 54.2 Å². The molecule has 0 aliphatic heterocycles. The molecule has 0 saturated heterocycles. The van der Waals surface area contributed by atoms with E-state index in [1.807, 2.05) is 0 Å². The average molecular weight is 467 g/mol. The van der Waals surface area contributed by atoms with Gasteiger partial charge in [0.25, 0.3) is 5.91 Å². The van der Waals surface area contributed by atoms with Crippen molar-refractivity contribution in [3.05, 3.63) is 63.9 Å². The van der Waals surface area contributed by atoms with Crippen molar-refractivity contribution in [3.63, 3.8) is 0 Å². The van der Waals surface area contributed by atoms with Crippen LogP contribution in [0.1, 0.15) is 38.2 Å². The first-order valence-electron chi connectivity index (χ1n) is 10.3. The van der Waals surface area contributed by atoms with Crippen molar-refractivity contribution in [3.8, 4) is 5.75 Å². The van der Waals surface area contributed by atoms with Gasteiger partial charge in [0.05, 0.1) is 0 Å². The number of nitrogens with zero attached hydrogens (tertiary/aromatic N) is 1. The van der Waals surface area contributed by atoms with Gasteiger partial charge < -0.3 is 15.0 Å². The fourth-order valence-electron chi connectivity index (χ4n) is 3.59. The van der Waals surface area contributed by atoms with Crippen LogP contribution in [0.15, 0.2) is 42.5 Å². The van der Waals surface area contributed by atoms with E-state index in [-0.39, 0.29) is 24.2 Å². The molecule has 1 saturated carbocycles. The molecule has 31 heavy (non-hydrogen) atoms. The van der Waals surface area contributed by atoms with Crippen molar-refractivity contribution < 1.29 is 18.7 Å². The van der Waals surface area contributed by atoms with Crippen molar-refractivity contribution in [2.75, 3.05) is 6.61 Å². The zero-order chi connectivity index (χ0) is 22.4. The van der Waals surface area contributed by atoms with E-state index in [0.29, 0.717) is 15.6 Å². The summed E-state index contributed by atoms with van der Waals surface area (Å²) in [6.07, 6.45) is 4.04. The van der Waals surface area contributed by atoms with E-state index in [4.69, 9.17) is 27.9 Å². The van der Waals surface area contributed by atoms with Crippen LogP contribution in [0.4, 0.5) is 4.39 Å². The largest absolute Gasteiger partial charge is 0.481 e. The Balaban J connectivity index is 1.75. The zero-order valence-electron chi connectivity index (χ0n) is 17.2. The van der Waals surface area contributed by atoms with Crippen molar-refractivity contribution in [1.29, 1.82) is 0 Å². The summed E-state index contributed by atoms with van der Waals surface area (Å²) in [4.78, 5) is 27.3. The van der Waals surface area contributed by atoms with Crippen LogP contribution in [0.5, 0.6) is 5.75 Å². The van der Waals surface area contributed by atoms with Gasteiger partial charge in [-0.2, -0.15) is 0 Å². The summed E-state index contributed by atoms with van der Waals surface area (Å²) >= 11 is 12.3. The van der Waals surface area contributed by atoms with Crippen LogP contribution in [0.25, 0.3) is 0 Å². The van der Waals surface area contributed by atoms with Gasteiger partial charge in [-0.25, -0.2) is 4.39 Å². The molecule has 1 atom stereocenters. The molecular weight excluding hydrogens is 442 g/mol. The maximum absolute atomic E-state index is 13.8. The number of para-hydroxylation sites is 1. The summed E-state index contributed by atoms with van der Waals surface area (Å²) in [5, 5.41) is 3.88. The predicted octanol–water partition coefficient (Wildman–Crippen LogP) is 4.99. The van der Waals surface area contributed by atoms with Crippen molar-refractivity contribution in [1.82, 2.24) is 10.2 Å². The molecule has 1 fully saturated rings. The number of amides is 2. The number of ether oxygens (including phenoxy) is 1. The number of hydrogen-bond acceptors (Lipinski definition) is 3. The minimum Gasteiger partial charge on any atom is -0.481 e. The highest BCUT2D eigenvalue weighted by Crippen LogP contribution is 2.24. The lowest BCUT2D eigenvalue weighted by Gasteiger charge is -2.30. The highest BCUT2D eigenvalue weighted by atomic mass is 35.5. The van der Waals surface area contributed by atoms with E-state index in [0.717, 1.165) is 25.7 Å². The number of carbonyl (C=O) groups is 2. The van der Waals surface area contributed by atoms with Gasteiger partial charge in [0.2, 0.25) is 5.91 Å². The van der Waals surface area contributed by atoms with Gasteiger partial charge in [-0.05, 0) is 49.6 Å². The first-order chi connectivity index (χ1) is 14.8. The zero-order valence-corrected chi connectivity index (χ0v) is 18.8. The quantitative estimate of drug-likeness (QED) is 0.596. The SMILES string of the molecule is C[C@H](C(=O)NC1CCCC1)N(Cc1ccc(Cl)cc1Cl)C(=O)COc1ccccc1F. The molecule has 0 heterocycles. The van der Waals surface area contributed by atoms with Crippen LogP contribution in [0, 0.1) is 5.82 Å². The molecule has 5 nitrogen and oxygen atoms in total. The fraction of sp³-hybridized carbons (Fsp3) is 0.391. The van der Waals surface area contributed by atoms with E-state index in [2.05, 4.69) is 5.32 Å². The number of nitrogens with one attached hydrogen (secondary N) is 1. The molecule has 166 valence electrons. The van der Waals surface area contributed by atoms with E-state index in [1.165, 1.54) is 23.1 Å². The second-order valence-corrected chi connectivity index (χ2v) is 8.49. The molecule has 1 aliphatic carbocycles. The average Bonchev–Trinajstić information content (AvgIpc) is 3.25. The molecular formula is C23H25Cl2FN2O3. The second kappa shape index (κ2) is 10.8. The summed E-state index contributed by atoms with van der Waals surface area (Å²) in [5.74, 6) is -1.28. The summed E-state index contributed by atoms with van der Waals surface area (Å²) in [6, 6.07) is 10.2. The Morgan fingerprint density at radius 1 is 1.19 bits per heavy atom. The molecule has 2 aromatic carbocycles. The maximum atomic E-state index is 13.8. The van der Waals surface area contributed by atoms with Gasteiger partial charge in [0, 0.05) is 22.6 Å². The number of hydrogen-bond donors (Lipinski definition) is 1. The molecule has 0 spiro atoms. The van der Waals surface area contributed by atoms with E-state index in [9.17, 15) is 14.0 Å². The fourth-order valence-corrected chi connectivity index (χ4v) is 4.06. The monoisotopic (exact) mass is 466 g/mol. The van der Waals surface area contributed by atoms with Crippen molar-refractivity contribution in [2.45, 2.75) is 51.2 Å². The molecule has 2 aromatic rings. The van der Waals surface area contributed by atoms with Gasteiger partial charge in [-0.15, -0.1) is 0 Å². The molecule has 0 radical (unpaired) electrons. The summed E-state index contributed by atoms with van der Waals surface area (Å²) in [6.45, 7) is 1.34. The van der Waals surface area contributed by atoms with Gasteiger partial charge >= 0.3 is 0 Å². The molecule has 1 aliphatic rings. The number of rotatable bonds is 8. The molecule has 1 N–H and O–H groups in total. The van der Waals surface area contributed by atoms with Crippen LogP contribution in [-0.2, 0) is 16.1 Å². The predicted molar refractivity (Wildman–Crippen MR) is 119 cm³/mol. The van der Waals surface area contributed by atoms with Crippen LogP contribution in [0.2, 0.25) is 10.0 Å². The number of benzene rings is 2. The second-order valence-electron chi connectivity index (χ2n) is 7.64. The highest BCUT2D eigenvalue weighted by Gasteiger charge is 2.29. The van der Waals surface area contributed by atoms with E-state index >= 15 is 0 Å². The smallest absolute Gasteiger partial charge is 0.261 e. The summed E-state index contributed by atoms with van der Waals surface area (Å²) in [7, 11) is 0. The minimum absolute atomic E-state index is 0.0246. The minimum atomic E-state index is -0.760. The topological polar surface area (TPSA) is 58.6 Å². The molecule has 8 heteroatoms. The van der Waals surface area contributed by atoms with Crippen LogP contribution >= 0.6 is 23.2 Å². The third-order valence-corrected chi connectivity index (χ3v) is 6.00. The van der Waals surface area contributed by atoms with Gasteiger partial charge in [0.1, 0.15) is 6.04 Å². The Bertz CT molecular complexity index is 935. The third-order valence-electron chi connectivity index (χ3n) is 5.41. The first kappa shape index (κ1) is 23.4. The molecule has 2 amide bonds. The summed E-state index contributed by atoms with van der Waals surface area (Å²) in [5.41, 5.74) is 0.644. The Hall–Kier alpha value is -2.31. The lowest BCUT2D eigenvalue weighted by molar-refractivity contribution is -0.142. The van der Waals surface area contributed by atoms with Crippen LogP contribution < -0.4 is 10.1 Å². The van der Waals surface area contributed by atoms with Crippen LogP contribution in [-0.4, -0.2) is 35.4 Å². The Kier molecular flexibility index (Phi) is 8.15. The van der Waals surface area contributed by atoms with Gasteiger partial charge in [0.15, 0.2) is 18.2 Å². The molecule has 0 bridgehead atoms. The van der Waals surface area contributed by atoms with Crippen molar-refractivity contribution in [2.24, 2.45) is 0 Å². The normalized spacial score (nSPS) is 14.8. The lowest BCUT2D eigenvalue weighted by Crippen LogP contribution is -2.50. The maximum Gasteiger partial charge on any atom is 0.261 e. The Labute approximate surface area is 191 Å². The van der Waals surface area contributed by atoms with E-state index < -0.39 is 24.4 Å². The van der Waals surface area contributed by atoms with E-state index in [1.54, 1.807) is 31.2 Å². The van der Waals surface area contributed by atoms with Crippen molar-refractivity contribution >= 4 is 35.0 Å². The molecule has 0 aromatic heterocycles.